The standard InChI is InChI=1S/C18H19N3OS/c22-11-13-4-3-8-21(10-13)18-15-5-1-2-6-16(15)19-17(20-18)14-7-9-23-12-14/h1-2,5-7,9,12-13,22H,3-4,8,10-11H2/t13-/m1/s1. The molecule has 1 atom stereocenters. The number of para-hydroxylation sites is 1. The van der Waals surface area contributed by atoms with Gasteiger partial charge in [-0.3, -0.25) is 0 Å². The van der Waals surface area contributed by atoms with Crippen molar-refractivity contribution in [2.45, 2.75) is 12.8 Å². The number of anilines is 1. The minimum Gasteiger partial charge on any atom is -0.396 e. The van der Waals surface area contributed by atoms with E-state index in [1.807, 2.05) is 18.2 Å². The van der Waals surface area contributed by atoms with Crippen molar-refractivity contribution in [2.24, 2.45) is 5.92 Å². The lowest BCUT2D eigenvalue weighted by Gasteiger charge is -2.33. The fourth-order valence-electron chi connectivity index (χ4n) is 3.23. The Kier molecular flexibility index (Phi) is 3.97. The number of aliphatic hydroxyl groups is 1. The van der Waals surface area contributed by atoms with Crippen molar-refractivity contribution < 1.29 is 5.11 Å². The fourth-order valence-corrected chi connectivity index (χ4v) is 3.86. The van der Waals surface area contributed by atoms with Gasteiger partial charge in [0.05, 0.1) is 5.52 Å². The van der Waals surface area contributed by atoms with Crippen LogP contribution in [0.1, 0.15) is 12.8 Å². The Bertz CT molecular complexity index is 803. The maximum absolute atomic E-state index is 9.52. The molecule has 4 rings (SSSR count). The van der Waals surface area contributed by atoms with E-state index in [0.717, 1.165) is 54.0 Å². The van der Waals surface area contributed by atoms with Crippen molar-refractivity contribution in [3.63, 3.8) is 0 Å². The Morgan fingerprint density at radius 1 is 1.22 bits per heavy atom. The van der Waals surface area contributed by atoms with E-state index < -0.39 is 0 Å². The van der Waals surface area contributed by atoms with Crippen LogP contribution in [0.4, 0.5) is 5.82 Å². The van der Waals surface area contributed by atoms with Gasteiger partial charge in [0.25, 0.3) is 0 Å². The van der Waals surface area contributed by atoms with E-state index >= 15 is 0 Å². The third kappa shape index (κ3) is 2.82. The van der Waals surface area contributed by atoms with Gasteiger partial charge in [-0.15, -0.1) is 0 Å². The molecular formula is C18H19N3OS. The number of thiophene rings is 1. The van der Waals surface area contributed by atoms with Gasteiger partial charge in [-0.1, -0.05) is 12.1 Å². The summed E-state index contributed by atoms with van der Waals surface area (Å²) in [4.78, 5) is 11.9. The SMILES string of the molecule is OC[C@@H]1CCCN(c2nc(-c3ccsc3)nc3ccccc23)C1. The molecule has 3 heterocycles. The minimum atomic E-state index is 0.247. The highest BCUT2D eigenvalue weighted by Gasteiger charge is 2.22. The number of hydrogen-bond donors (Lipinski definition) is 1. The summed E-state index contributed by atoms with van der Waals surface area (Å²) in [5, 5.41) is 14.7. The molecule has 0 spiro atoms. The predicted molar refractivity (Wildman–Crippen MR) is 94.9 cm³/mol. The molecule has 1 aromatic carbocycles. The highest BCUT2D eigenvalue weighted by molar-refractivity contribution is 7.08. The second kappa shape index (κ2) is 6.26. The lowest BCUT2D eigenvalue weighted by atomic mass is 9.99. The zero-order valence-electron chi connectivity index (χ0n) is 12.9. The average Bonchev–Trinajstić information content (AvgIpc) is 3.15. The Morgan fingerprint density at radius 2 is 2.13 bits per heavy atom. The Hall–Kier alpha value is -1.98. The van der Waals surface area contributed by atoms with Gasteiger partial charge >= 0.3 is 0 Å². The van der Waals surface area contributed by atoms with E-state index in [1.165, 1.54) is 0 Å². The number of benzene rings is 1. The van der Waals surface area contributed by atoms with Crippen molar-refractivity contribution >= 4 is 28.1 Å². The summed E-state index contributed by atoms with van der Waals surface area (Å²) in [5.74, 6) is 2.11. The first-order valence-corrected chi connectivity index (χ1v) is 8.94. The average molecular weight is 325 g/mol. The minimum absolute atomic E-state index is 0.247. The first-order chi connectivity index (χ1) is 11.3. The van der Waals surface area contributed by atoms with Crippen LogP contribution in [0, 0.1) is 5.92 Å². The molecule has 1 aliphatic heterocycles. The van der Waals surface area contributed by atoms with Gasteiger partial charge < -0.3 is 10.0 Å². The van der Waals surface area contributed by atoms with Crippen LogP contribution >= 0.6 is 11.3 Å². The summed E-state index contributed by atoms with van der Waals surface area (Å²) in [6.07, 6.45) is 2.19. The molecule has 23 heavy (non-hydrogen) atoms. The third-order valence-corrected chi connectivity index (χ3v) is 5.12. The van der Waals surface area contributed by atoms with Crippen LogP contribution in [0.5, 0.6) is 0 Å². The molecule has 0 radical (unpaired) electrons. The highest BCUT2D eigenvalue weighted by Crippen LogP contribution is 2.30. The van der Waals surface area contributed by atoms with E-state index in [2.05, 4.69) is 27.8 Å². The Balaban J connectivity index is 1.83. The Morgan fingerprint density at radius 3 is 2.96 bits per heavy atom. The van der Waals surface area contributed by atoms with Crippen molar-refractivity contribution in [2.75, 3.05) is 24.6 Å². The lowest BCUT2D eigenvalue weighted by Crippen LogP contribution is -2.37. The summed E-state index contributed by atoms with van der Waals surface area (Å²) >= 11 is 1.66. The molecule has 1 fully saturated rings. The summed E-state index contributed by atoms with van der Waals surface area (Å²) in [6.45, 7) is 2.10. The van der Waals surface area contributed by atoms with Gasteiger partial charge in [-0.2, -0.15) is 11.3 Å². The molecule has 0 aliphatic carbocycles. The molecule has 3 aromatic rings. The molecular weight excluding hydrogens is 306 g/mol. The first-order valence-electron chi connectivity index (χ1n) is 8.00. The molecule has 2 aromatic heterocycles. The van der Waals surface area contributed by atoms with Crippen LogP contribution in [-0.2, 0) is 0 Å². The number of aromatic nitrogens is 2. The Labute approximate surface area is 139 Å². The summed E-state index contributed by atoms with van der Waals surface area (Å²) in [7, 11) is 0. The molecule has 0 bridgehead atoms. The number of rotatable bonds is 3. The van der Waals surface area contributed by atoms with Gasteiger partial charge in [0, 0.05) is 36.0 Å². The van der Waals surface area contributed by atoms with Crippen molar-refractivity contribution in [1.82, 2.24) is 9.97 Å². The largest absolute Gasteiger partial charge is 0.396 e. The smallest absolute Gasteiger partial charge is 0.162 e. The molecule has 0 amide bonds. The maximum Gasteiger partial charge on any atom is 0.162 e. The molecule has 118 valence electrons. The quantitative estimate of drug-likeness (QED) is 0.800. The molecule has 1 aliphatic rings. The zero-order chi connectivity index (χ0) is 15.6. The van der Waals surface area contributed by atoms with Crippen LogP contribution in [0.25, 0.3) is 22.3 Å². The molecule has 1 saturated heterocycles. The van der Waals surface area contributed by atoms with Gasteiger partial charge in [0.2, 0.25) is 0 Å². The van der Waals surface area contributed by atoms with Crippen molar-refractivity contribution in [3.8, 4) is 11.4 Å². The van der Waals surface area contributed by atoms with Crippen LogP contribution in [0.3, 0.4) is 0 Å². The maximum atomic E-state index is 9.52. The van der Waals surface area contributed by atoms with E-state index in [0.29, 0.717) is 5.92 Å². The number of fused-ring (bicyclic) bond motifs is 1. The zero-order valence-corrected chi connectivity index (χ0v) is 13.7. The molecule has 0 saturated carbocycles. The molecule has 5 heteroatoms. The van der Waals surface area contributed by atoms with Crippen LogP contribution in [0.15, 0.2) is 41.1 Å². The molecule has 1 N–H and O–H groups in total. The summed E-state index contributed by atoms with van der Waals surface area (Å²) < 4.78 is 0. The molecule has 0 unspecified atom stereocenters. The van der Waals surface area contributed by atoms with Crippen LogP contribution in [-0.4, -0.2) is 34.8 Å². The number of nitrogens with zero attached hydrogens (tertiary/aromatic N) is 3. The number of aliphatic hydroxyl groups excluding tert-OH is 1. The van der Waals surface area contributed by atoms with Gasteiger partial charge in [0.15, 0.2) is 5.82 Å². The molecule has 4 nitrogen and oxygen atoms in total. The van der Waals surface area contributed by atoms with Gasteiger partial charge in [-0.25, -0.2) is 9.97 Å². The van der Waals surface area contributed by atoms with Crippen molar-refractivity contribution in [1.29, 1.82) is 0 Å². The van der Waals surface area contributed by atoms with E-state index in [4.69, 9.17) is 9.97 Å². The lowest BCUT2D eigenvalue weighted by molar-refractivity contribution is 0.208. The number of piperidine rings is 1. The number of hydrogen-bond acceptors (Lipinski definition) is 5. The van der Waals surface area contributed by atoms with Gasteiger partial charge in [-0.05, 0) is 42.3 Å². The normalized spacial score (nSPS) is 18.5. The second-order valence-electron chi connectivity index (χ2n) is 6.04. The second-order valence-corrected chi connectivity index (χ2v) is 6.82. The van der Waals surface area contributed by atoms with Crippen LogP contribution < -0.4 is 4.90 Å². The van der Waals surface area contributed by atoms with E-state index in [1.54, 1.807) is 11.3 Å². The van der Waals surface area contributed by atoms with Gasteiger partial charge in [0.1, 0.15) is 5.82 Å². The monoisotopic (exact) mass is 325 g/mol. The summed E-state index contributed by atoms with van der Waals surface area (Å²) in [5.41, 5.74) is 2.04. The predicted octanol–water partition coefficient (Wildman–Crippen LogP) is 3.57. The van der Waals surface area contributed by atoms with Crippen molar-refractivity contribution in [3.05, 3.63) is 41.1 Å². The van der Waals surface area contributed by atoms with E-state index in [-0.39, 0.29) is 6.61 Å². The fraction of sp³-hybridized carbons (Fsp3) is 0.333. The highest BCUT2D eigenvalue weighted by atomic mass is 32.1. The van der Waals surface area contributed by atoms with Crippen LogP contribution in [0.2, 0.25) is 0 Å². The first kappa shape index (κ1) is 14.6. The van der Waals surface area contributed by atoms with E-state index in [9.17, 15) is 5.11 Å². The summed E-state index contributed by atoms with van der Waals surface area (Å²) in [6, 6.07) is 10.2. The topological polar surface area (TPSA) is 49.2 Å². The third-order valence-electron chi connectivity index (χ3n) is 4.44.